The van der Waals surface area contributed by atoms with E-state index in [2.05, 4.69) is 18.1 Å². The molecule has 1 aliphatic rings. The van der Waals surface area contributed by atoms with Crippen molar-refractivity contribution in [3.63, 3.8) is 0 Å². The lowest BCUT2D eigenvalue weighted by molar-refractivity contribution is -0.131. The van der Waals surface area contributed by atoms with Gasteiger partial charge in [0.05, 0.1) is 18.4 Å². The third-order valence-corrected chi connectivity index (χ3v) is 4.36. The maximum absolute atomic E-state index is 13.1. The number of carbonyl (C=O) groups is 3. The molecule has 2 amide bonds. The van der Waals surface area contributed by atoms with Gasteiger partial charge >= 0.3 is 12.1 Å². The van der Waals surface area contributed by atoms with Gasteiger partial charge in [0.1, 0.15) is 17.0 Å². The molecule has 0 unspecified atom stereocenters. The topological polar surface area (TPSA) is 89.0 Å². The SMILES string of the molecule is C=C.CC.COC(=O)c1ccc(N2CCN(C(=O)OC(C)(C)C)C(C)(C)C2=O)nc1C. The molecule has 8 heteroatoms. The highest BCUT2D eigenvalue weighted by Crippen LogP contribution is 2.28. The van der Waals surface area contributed by atoms with Crippen molar-refractivity contribution in [3.8, 4) is 0 Å². The number of carbonyl (C=O) groups excluding carboxylic acids is 3. The number of aryl methyl sites for hydroxylation is 1. The molecule has 1 aromatic heterocycles. The minimum absolute atomic E-state index is 0.266. The Bertz CT molecular complexity index is 784. The molecule has 0 N–H and O–H groups in total. The van der Waals surface area contributed by atoms with Crippen LogP contribution in [0.2, 0.25) is 0 Å². The van der Waals surface area contributed by atoms with Crippen molar-refractivity contribution in [1.82, 2.24) is 9.88 Å². The molecule has 2 heterocycles. The fourth-order valence-electron chi connectivity index (χ4n) is 2.91. The van der Waals surface area contributed by atoms with Gasteiger partial charge in [-0.25, -0.2) is 14.6 Å². The number of esters is 1. The summed E-state index contributed by atoms with van der Waals surface area (Å²) in [6, 6.07) is 3.19. The number of rotatable bonds is 2. The number of amides is 2. The lowest BCUT2D eigenvalue weighted by Gasteiger charge is -2.45. The van der Waals surface area contributed by atoms with Gasteiger partial charge in [0, 0.05) is 13.1 Å². The van der Waals surface area contributed by atoms with E-state index >= 15 is 0 Å². The van der Waals surface area contributed by atoms with Crippen molar-refractivity contribution >= 4 is 23.8 Å². The highest BCUT2D eigenvalue weighted by Gasteiger charge is 2.46. The minimum Gasteiger partial charge on any atom is -0.465 e. The summed E-state index contributed by atoms with van der Waals surface area (Å²) in [5.74, 6) is -0.313. The molecule has 1 fully saturated rings. The van der Waals surface area contributed by atoms with Crippen LogP contribution >= 0.6 is 0 Å². The summed E-state index contributed by atoms with van der Waals surface area (Å²) in [6.07, 6.45) is -0.523. The molecule has 8 nitrogen and oxygen atoms in total. The van der Waals surface area contributed by atoms with E-state index < -0.39 is 23.2 Å². The fourth-order valence-corrected chi connectivity index (χ4v) is 2.91. The van der Waals surface area contributed by atoms with Gasteiger partial charge in [0.15, 0.2) is 0 Å². The Morgan fingerprint density at radius 1 is 1.13 bits per heavy atom. The second-order valence-electron chi connectivity index (χ2n) is 7.94. The number of nitrogens with zero attached hydrogens (tertiary/aromatic N) is 3. The van der Waals surface area contributed by atoms with Gasteiger partial charge in [-0.2, -0.15) is 0 Å². The number of piperazine rings is 1. The Morgan fingerprint density at radius 3 is 2.13 bits per heavy atom. The molecule has 31 heavy (non-hydrogen) atoms. The van der Waals surface area contributed by atoms with E-state index in [1.165, 1.54) is 16.9 Å². The second kappa shape index (κ2) is 11.5. The average Bonchev–Trinajstić information content (AvgIpc) is 2.71. The van der Waals surface area contributed by atoms with Crippen LogP contribution in [-0.2, 0) is 14.3 Å². The second-order valence-corrected chi connectivity index (χ2v) is 7.94. The fraction of sp³-hybridized carbons (Fsp3) is 0.565. The Labute approximate surface area is 186 Å². The van der Waals surface area contributed by atoms with Gasteiger partial charge in [-0.05, 0) is 53.7 Å². The lowest BCUT2D eigenvalue weighted by atomic mass is 9.98. The summed E-state index contributed by atoms with van der Waals surface area (Å²) in [5.41, 5.74) is -0.910. The first-order chi connectivity index (χ1) is 14.4. The molecule has 0 radical (unpaired) electrons. The Kier molecular flexibility index (Phi) is 10.4. The lowest BCUT2D eigenvalue weighted by Crippen LogP contribution is -2.65. The molecule has 0 bridgehead atoms. The third-order valence-electron chi connectivity index (χ3n) is 4.36. The molecule has 0 saturated carbocycles. The van der Waals surface area contributed by atoms with Gasteiger partial charge in [-0.1, -0.05) is 13.8 Å². The summed E-state index contributed by atoms with van der Waals surface area (Å²) in [6.45, 7) is 21.0. The molecule has 0 spiro atoms. The summed E-state index contributed by atoms with van der Waals surface area (Å²) in [5, 5.41) is 0. The molecule has 0 atom stereocenters. The first-order valence-electron chi connectivity index (χ1n) is 10.3. The van der Waals surface area contributed by atoms with Crippen molar-refractivity contribution in [3.05, 3.63) is 36.5 Å². The van der Waals surface area contributed by atoms with Gasteiger partial charge in [-0.15, -0.1) is 13.2 Å². The number of anilines is 1. The summed E-state index contributed by atoms with van der Waals surface area (Å²) in [7, 11) is 1.30. The molecule has 1 aliphatic heterocycles. The molecule has 2 rings (SSSR count). The van der Waals surface area contributed by atoms with E-state index in [1.54, 1.807) is 53.7 Å². The maximum Gasteiger partial charge on any atom is 0.411 e. The van der Waals surface area contributed by atoms with Crippen LogP contribution in [-0.4, -0.2) is 59.2 Å². The van der Waals surface area contributed by atoms with Gasteiger partial charge in [0.25, 0.3) is 5.91 Å². The molecule has 0 aliphatic carbocycles. The molecule has 1 aromatic rings. The van der Waals surface area contributed by atoms with Crippen LogP contribution in [0.15, 0.2) is 25.3 Å². The Balaban J connectivity index is 0.00000212. The average molecular weight is 436 g/mol. The highest BCUT2D eigenvalue weighted by molar-refractivity contribution is 6.02. The van der Waals surface area contributed by atoms with Crippen LogP contribution < -0.4 is 4.90 Å². The Hall–Kier alpha value is -2.90. The molecule has 1 saturated heterocycles. The van der Waals surface area contributed by atoms with E-state index in [-0.39, 0.29) is 12.5 Å². The van der Waals surface area contributed by atoms with E-state index in [0.29, 0.717) is 23.6 Å². The number of methoxy groups -OCH3 is 1. The van der Waals surface area contributed by atoms with Gasteiger partial charge in [-0.3, -0.25) is 14.6 Å². The number of ether oxygens (including phenoxy) is 2. The maximum atomic E-state index is 13.1. The molecular formula is C23H37N3O5. The van der Waals surface area contributed by atoms with E-state index in [0.717, 1.165) is 0 Å². The first kappa shape index (κ1) is 28.1. The zero-order chi connectivity index (χ0) is 24.6. The molecule has 0 aromatic carbocycles. The number of hydrogen-bond acceptors (Lipinski definition) is 6. The van der Waals surface area contributed by atoms with Crippen molar-refractivity contribution in [2.75, 3.05) is 25.1 Å². The normalized spacial score (nSPS) is 15.1. The number of hydrogen-bond donors (Lipinski definition) is 0. The summed E-state index contributed by atoms with van der Waals surface area (Å²) < 4.78 is 10.1. The predicted octanol–water partition coefficient (Wildman–Crippen LogP) is 4.37. The summed E-state index contributed by atoms with van der Waals surface area (Å²) in [4.78, 5) is 44.6. The number of pyridine rings is 1. The summed E-state index contributed by atoms with van der Waals surface area (Å²) >= 11 is 0. The zero-order valence-corrected chi connectivity index (χ0v) is 20.4. The predicted molar refractivity (Wildman–Crippen MR) is 122 cm³/mol. The van der Waals surface area contributed by atoms with Crippen LogP contribution in [0, 0.1) is 6.92 Å². The van der Waals surface area contributed by atoms with Crippen LogP contribution in [0.1, 0.15) is 64.5 Å². The van der Waals surface area contributed by atoms with Crippen molar-refractivity contribution in [1.29, 1.82) is 0 Å². The minimum atomic E-state index is -1.09. The zero-order valence-electron chi connectivity index (χ0n) is 20.4. The first-order valence-corrected chi connectivity index (χ1v) is 10.3. The molecule has 174 valence electrons. The van der Waals surface area contributed by atoms with E-state index in [4.69, 9.17) is 9.47 Å². The van der Waals surface area contributed by atoms with Gasteiger partial charge in [0.2, 0.25) is 0 Å². The van der Waals surface area contributed by atoms with Crippen LogP contribution in [0.5, 0.6) is 0 Å². The Morgan fingerprint density at radius 2 is 1.68 bits per heavy atom. The van der Waals surface area contributed by atoms with Gasteiger partial charge < -0.3 is 9.47 Å². The van der Waals surface area contributed by atoms with Crippen LogP contribution in [0.3, 0.4) is 0 Å². The smallest absolute Gasteiger partial charge is 0.411 e. The van der Waals surface area contributed by atoms with Crippen molar-refractivity contribution < 1.29 is 23.9 Å². The van der Waals surface area contributed by atoms with Crippen LogP contribution in [0.25, 0.3) is 0 Å². The molecular weight excluding hydrogens is 398 g/mol. The largest absolute Gasteiger partial charge is 0.465 e. The quantitative estimate of drug-likeness (QED) is 0.506. The number of aromatic nitrogens is 1. The van der Waals surface area contributed by atoms with E-state index in [1.807, 2.05) is 13.8 Å². The standard InChI is InChI=1S/C19H27N3O5.C2H6.C2H4/c1-12-13(15(23)26-7)8-9-14(20-12)21-10-11-22(19(5,6)16(21)24)17(25)27-18(2,3)4;2*1-2/h8-9H,10-11H2,1-7H3;1-2H3;1-2H2. The van der Waals surface area contributed by atoms with Crippen molar-refractivity contribution in [2.24, 2.45) is 0 Å². The van der Waals surface area contributed by atoms with Crippen LogP contribution in [0.4, 0.5) is 10.6 Å². The monoisotopic (exact) mass is 435 g/mol. The van der Waals surface area contributed by atoms with Crippen molar-refractivity contribution in [2.45, 2.75) is 66.5 Å². The highest BCUT2D eigenvalue weighted by atomic mass is 16.6. The van der Waals surface area contributed by atoms with E-state index in [9.17, 15) is 14.4 Å². The third kappa shape index (κ3) is 6.80.